The molecule has 1 unspecified atom stereocenters. The number of nitrogens with two attached hydrogens (primary N) is 1. The first-order chi connectivity index (χ1) is 6.50. The fraction of sp³-hybridized carbons (Fsp3) is 0.556. The molecule has 1 fully saturated rings. The second-order valence-electron chi connectivity index (χ2n) is 4.32. The Morgan fingerprint density at radius 1 is 1.57 bits per heavy atom. The zero-order valence-corrected chi connectivity index (χ0v) is 8.97. The third kappa shape index (κ3) is 1.62. The van der Waals surface area contributed by atoms with Crippen LogP contribution in [-0.4, -0.2) is 16.0 Å². The predicted molar refractivity (Wildman–Crippen MR) is 57.3 cm³/mol. The van der Waals surface area contributed by atoms with Gasteiger partial charge in [0.05, 0.1) is 0 Å². The van der Waals surface area contributed by atoms with Crippen molar-refractivity contribution >= 4 is 23.1 Å². The Hall–Kier alpha value is -1.03. The van der Waals surface area contributed by atoms with Crippen molar-refractivity contribution in [1.82, 2.24) is 9.97 Å². The zero-order chi connectivity index (χ0) is 10.3. The third-order valence-corrected chi connectivity index (χ3v) is 2.96. The minimum Gasteiger partial charge on any atom is -0.393 e. The van der Waals surface area contributed by atoms with E-state index < -0.39 is 0 Å². The fourth-order valence-electron chi connectivity index (χ4n) is 1.37. The van der Waals surface area contributed by atoms with Gasteiger partial charge >= 0.3 is 0 Å². The van der Waals surface area contributed by atoms with Gasteiger partial charge < -0.3 is 11.1 Å². The Bertz CT molecular complexity index is 364. The fourth-order valence-corrected chi connectivity index (χ4v) is 1.50. The lowest BCUT2D eigenvalue weighted by Gasteiger charge is -2.09. The molecule has 0 radical (unpaired) electrons. The first-order valence-corrected chi connectivity index (χ1v) is 4.91. The standard InChI is InChI=1S/C9H13ClN4/c1-9(2)3-5(9)14-8-6(11)7(10)12-4-13-8/h4-5H,3,11H2,1-2H3,(H,12,13,14). The van der Waals surface area contributed by atoms with Crippen molar-refractivity contribution in [2.24, 2.45) is 5.41 Å². The summed E-state index contributed by atoms with van der Waals surface area (Å²) in [5.74, 6) is 0.639. The van der Waals surface area contributed by atoms with E-state index in [9.17, 15) is 0 Å². The number of hydrogen-bond donors (Lipinski definition) is 2. The molecular formula is C9H13ClN4. The quantitative estimate of drug-likeness (QED) is 0.736. The van der Waals surface area contributed by atoms with E-state index in [0.717, 1.165) is 6.42 Å². The predicted octanol–water partition coefficient (Wildman–Crippen LogP) is 1.92. The number of rotatable bonds is 2. The van der Waals surface area contributed by atoms with Gasteiger partial charge in [-0.3, -0.25) is 0 Å². The number of halogens is 1. The lowest BCUT2D eigenvalue weighted by atomic mass is 10.2. The van der Waals surface area contributed by atoms with Gasteiger partial charge in [0.15, 0.2) is 11.0 Å². The molecule has 0 saturated heterocycles. The van der Waals surface area contributed by atoms with Gasteiger partial charge in [0.1, 0.15) is 12.0 Å². The van der Waals surface area contributed by atoms with Gasteiger partial charge in [-0.05, 0) is 11.8 Å². The van der Waals surface area contributed by atoms with E-state index in [4.69, 9.17) is 17.3 Å². The van der Waals surface area contributed by atoms with Gasteiger partial charge in [0.2, 0.25) is 0 Å². The van der Waals surface area contributed by atoms with Crippen LogP contribution < -0.4 is 11.1 Å². The van der Waals surface area contributed by atoms with E-state index in [-0.39, 0.29) is 0 Å². The molecule has 0 aliphatic heterocycles. The van der Waals surface area contributed by atoms with Crippen LogP contribution in [0, 0.1) is 5.41 Å². The lowest BCUT2D eigenvalue weighted by Crippen LogP contribution is -2.11. The summed E-state index contributed by atoms with van der Waals surface area (Å²) in [6.07, 6.45) is 2.55. The molecular weight excluding hydrogens is 200 g/mol. The van der Waals surface area contributed by atoms with Crippen molar-refractivity contribution in [2.45, 2.75) is 26.3 Å². The molecule has 76 valence electrons. The van der Waals surface area contributed by atoms with Crippen molar-refractivity contribution in [3.05, 3.63) is 11.5 Å². The largest absolute Gasteiger partial charge is 0.393 e. The van der Waals surface area contributed by atoms with Crippen molar-refractivity contribution in [1.29, 1.82) is 0 Å². The molecule has 1 heterocycles. The molecule has 0 aromatic carbocycles. The van der Waals surface area contributed by atoms with Gasteiger partial charge in [-0.1, -0.05) is 25.4 Å². The van der Waals surface area contributed by atoms with Crippen LogP contribution in [0.15, 0.2) is 6.33 Å². The first-order valence-electron chi connectivity index (χ1n) is 4.53. The Morgan fingerprint density at radius 2 is 2.21 bits per heavy atom. The number of anilines is 2. The van der Waals surface area contributed by atoms with Crippen LogP contribution in [0.1, 0.15) is 20.3 Å². The summed E-state index contributed by atoms with van der Waals surface area (Å²) in [5, 5.41) is 3.56. The zero-order valence-electron chi connectivity index (χ0n) is 8.21. The average molecular weight is 213 g/mol. The van der Waals surface area contributed by atoms with Gasteiger partial charge in [-0.15, -0.1) is 0 Å². The summed E-state index contributed by atoms with van der Waals surface area (Å²) in [7, 11) is 0. The molecule has 1 saturated carbocycles. The maximum Gasteiger partial charge on any atom is 0.157 e. The van der Waals surface area contributed by atoms with Gasteiger partial charge in [0, 0.05) is 6.04 Å². The number of aromatic nitrogens is 2. The van der Waals surface area contributed by atoms with Crippen LogP contribution in [0.4, 0.5) is 11.5 Å². The lowest BCUT2D eigenvalue weighted by molar-refractivity contribution is 0.630. The van der Waals surface area contributed by atoms with Gasteiger partial charge in [-0.25, -0.2) is 9.97 Å². The maximum absolute atomic E-state index is 5.77. The summed E-state index contributed by atoms with van der Waals surface area (Å²) >= 11 is 5.77. The Morgan fingerprint density at radius 3 is 2.79 bits per heavy atom. The van der Waals surface area contributed by atoms with Crippen LogP contribution in [-0.2, 0) is 0 Å². The average Bonchev–Trinajstić information content (AvgIpc) is 2.68. The number of nitrogen functional groups attached to an aromatic ring is 1. The molecule has 1 atom stereocenters. The highest BCUT2D eigenvalue weighted by molar-refractivity contribution is 6.32. The SMILES string of the molecule is CC1(C)CC1Nc1ncnc(Cl)c1N. The monoisotopic (exact) mass is 212 g/mol. The van der Waals surface area contributed by atoms with E-state index >= 15 is 0 Å². The van der Waals surface area contributed by atoms with E-state index in [1.54, 1.807) is 0 Å². The van der Waals surface area contributed by atoms with Crippen LogP contribution in [0.25, 0.3) is 0 Å². The molecule has 3 N–H and O–H groups in total. The van der Waals surface area contributed by atoms with Crippen molar-refractivity contribution in [2.75, 3.05) is 11.1 Å². The minimum absolute atomic E-state index is 0.306. The molecule has 1 aromatic rings. The molecule has 4 nitrogen and oxygen atoms in total. The Labute approximate surface area is 87.9 Å². The second-order valence-corrected chi connectivity index (χ2v) is 4.67. The van der Waals surface area contributed by atoms with Gasteiger partial charge in [-0.2, -0.15) is 0 Å². The molecule has 1 aliphatic rings. The van der Waals surface area contributed by atoms with Crippen molar-refractivity contribution < 1.29 is 0 Å². The molecule has 0 spiro atoms. The number of nitrogens with zero attached hydrogens (tertiary/aromatic N) is 2. The third-order valence-electron chi connectivity index (χ3n) is 2.66. The van der Waals surface area contributed by atoms with Crippen LogP contribution >= 0.6 is 11.6 Å². The molecule has 0 bridgehead atoms. The molecule has 5 heteroatoms. The summed E-state index contributed by atoms with van der Waals surface area (Å²) in [6.45, 7) is 4.40. The van der Waals surface area contributed by atoms with Crippen LogP contribution in [0.3, 0.4) is 0 Å². The van der Waals surface area contributed by atoms with E-state index in [0.29, 0.717) is 28.1 Å². The second kappa shape index (κ2) is 2.98. The Kier molecular flexibility index (Phi) is 2.03. The van der Waals surface area contributed by atoms with E-state index in [2.05, 4.69) is 29.1 Å². The van der Waals surface area contributed by atoms with E-state index in [1.165, 1.54) is 6.33 Å². The first kappa shape index (κ1) is 9.52. The highest BCUT2D eigenvalue weighted by atomic mass is 35.5. The van der Waals surface area contributed by atoms with Crippen molar-refractivity contribution in [3.63, 3.8) is 0 Å². The van der Waals surface area contributed by atoms with Gasteiger partial charge in [0.25, 0.3) is 0 Å². The molecule has 14 heavy (non-hydrogen) atoms. The van der Waals surface area contributed by atoms with Crippen molar-refractivity contribution in [3.8, 4) is 0 Å². The number of hydrogen-bond acceptors (Lipinski definition) is 4. The van der Waals surface area contributed by atoms with E-state index in [1.807, 2.05) is 0 Å². The molecule has 1 aromatic heterocycles. The summed E-state index contributed by atoms with van der Waals surface area (Å²) in [4.78, 5) is 7.85. The highest BCUT2D eigenvalue weighted by Gasteiger charge is 2.46. The smallest absolute Gasteiger partial charge is 0.157 e. The Balaban J connectivity index is 2.14. The topological polar surface area (TPSA) is 63.8 Å². The normalized spacial score (nSPS) is 23.2. The summed E-state index contributed by atoms with van der Waals surface area (Å²) < 4.78 is 0. The van der Waals surface area contributed by atoms with Crippen LogP contribution in [0.5, 0.6) is 0 Å². The summed E-state index contributed by atoms with van der Waals surface area (Å²) in [5.41, 5.74) is 6.49. The molecule has 2 rings (SSSR count). The molecule has 1 aliphatic carbocycles. The van der Waals surface area contributed by atoms with Crippen LogP contribution in [0.2, 0.25) is 5.15 Å². The maximum atomic E-state index is 5.77. The highest BCUT2D eigenvalue weighted by Crippen LogP contribution is 2.46. The number of nitrogens with one attached hydrogen (secondary N) is 1. The summed E-state index contributed by atoms with van der Waals surface area (Å²) in [6, 6.07) is 0.441. The minimum atomic E-state index is 0.306. The molecule has 0 amide bonds.